The number of aryl methyl sites for hydroxylation is 1. The highest BCUT2D eigenvalue weighted by atomic mass is 16.5. The van der Waals surface area contributed by atoms with Gasteiger partial charge in [-0.1, -0.05) is 12.1 Å². The molecule has 0 aliphatic carbocycles. The Kier molecular flexibility index (Phi) is 2.73. The first kappa shape index (κ1) is 9.53. The van der Waals surface area contributed by atoms with Crippen molar-refractivity contribution in [2.24, 2.45) is 0 Å². The van der Waals surface area contributed by atoms with Crippen LogP contribution in [0, 0.1) is 13.8 Å². The molecule has 0 radical (unpaired) electrons. The standard InChI is InChI=1S/C12H17NO/c1-9-4-3-5-12(10(9)2)13-11-6-7-14-8-11/h3-5,11,13H,6-8H2,1-2H3. The van der Waals surface area contributed by atoms with Crippen LogP contribution in [0.15, 0.2) is 18.2 Å². The Morgan fingerprint density at radius 3 is 2.93 bits per heavy atom. The van der Waals surface area contributed by atoms with Gasteiger partial charge in [-0.2, -0.15) is 0 Å². The van der Waals surface area contributed by atoms with Crippen molar-refractivity contribution >= 4 is 5.69 Å². The van der Waals surface area contributed by atoms with Gasteiger partial charge < -0.3 is 10.1 Å². The van der Waals surface area contributed by atoms with Gasteiger partial charge in [-0.25, -0.2) is 0 Å². The lowest BCUT2D eigenvalue weighted by molar-refractivity contribution is 0.195. The highest BCUT2D eigenvalue weighted by Gasteiger charge is 2.15. The van der Waals surface area contributed by atoms with E-state index in [9.17, 15) is 0 Å². The molecule has 1 saturated heterocycles. The average Bonchev–Trinajstić information content (AvgIpc) is 2.66. The van der Waals surface area contributed by atoms with Crippen molar-refractivity contribution in [3.8, 4) is 0 Å². The van der Waals surface area contributed by atoms with E-state index in [0.717, 1.165) is 19.6 Å². The van der Waals surface area contributed by atoms with E-state index >= 15 is 0 Å². The van der Waals surface area contributed by atoms with E-state index in [2.05, 4.69) is 37.4 Å². The van der Waals surface area contributed by atoms with Gasteiger partial charge in [0.2, 0.25) is 0 Å². The number of benzene rings is 1. The summed E-state index contributed by atoms with van der Waals surface area (Å²) < 4.78 is 5.34. The molecule has 1 N–H and O–H groups in total. The molecule has 1 fully saturated rings. The normalized spacial score (nSPS) is 21.1. The maximum Gasteiger partial charge on any atom is 0.0668 e. The van der Waals surface area contributed by atoms with Gasteiger partial charge in [0, 0.05) is 12.3 Å². The molecular formula is C12H17NO. The van der Waals surface area contributed by atoms with E-state index < -0.39 is 0 Å². The molecule has 0 amide bonds. The van der Waals surface area contributed by atoms with Crippen LogP contribution in [0.1, 0.15) is 17.5 Å². The zero-order valence-electron chi connectivity index (χ0n) is 8.84. The van der Waals surface area contributed by atoms with E-state index in [0.29, 0.717) is 6.04 Å². The van der Waals surface area contributed by atoms with E-state index in [-0.39, 0.29) is 0 Å². The minimum absolute atomic E-state index is 0.496. The molecule has 0 aromatic heterocycles. The van der Waals surface area contributed by atoms with Crippen LogP contribution >= 0.6 is 0 Å². The number of rotatable bonds is 2. The first-order valence-electron chi connectivity index (χ1n) is 5.18. The summed E-state index contributed by atoms with van der Waals surface area (Å²) in [6.07, 6.45) is 1.12. The van der Waals surface area contributed by atoms with Crippen LogP contribution in [0.5, 0.6) is 0 Å². The first-order chi connectivity index (χ1) is 6.77. The zero-order chi connectivity index (χ0) is 9.97. The lowest BCUT2D eigenvalue weighted by Crippen LogP contribution is -2.19. The van der Waals surface area contributed by atoms with Crippen molar-refractivity contribution in [2.75, 3.05) is 18.5 Å². The Morgan fingerprint density at radius 1 is 1.36 bits per heavy atom. The number of nitrogens with one attached hydrogen (secondary N) is 1. The lowest BCUT2D eigenvalue weighted by Gasteiger charge is -2.15. The molecule has 1 aliphatic heterocycles. The number of ether oxygens (including phenoxy) is 1. The topological polar surface area (TPSA) is 21.3 Å². The van der Waals surface area contributed by atoms with Gasteiger partial charge in [0.15, 0.2) is 0 Å². The second kappa shape index (κ2) is 4.01. The van der Waals surface area contributed by atoms with Gasteiger partial charge >= 0.3 is 0 Å². The molecule has 2 rings (SSSR count). The predicted molar refractivity (Wildman–Crippen MR) is 58.8 cm³/mol. The Balaban J connectivity index is 2.11. The second-order valence-corrected chi connectivity index (χ2v) is 3.95. The summed E-state index contributed by atoms with van der Waals surface area (Å²) in [5, 5.41) is 3.52. The van der Waals surface area contributed by atoms with Gasteiger partial charge in [-0.05, 0) is 37.5 Å². The van der Waals surface area contributed by atoms with Gasteiger partial charge in [-0.15, -0.1) is 0 Å². The summed E-state index contributed by atoms with van der Waals surface area (Å²) in [5.41, 5.74) is 3.94. The van der Waals surface area contributed by atoms with Gasteiger partial charge in [0.05, 0.1) is 12.6 Å². The molecule has 2 nitrogen and oxygen atoms in total. The molecule has 0 saturated carbocycles. The van der Waals surface area contributed by atoms with Gasteiger partial charge in [0.1, 0.15) is 0 Å². The Bertz CT molecular complexity index is 316. The predicted octanol–water partition coefficient (Wildman–Crippen LogP) is 2.50. The summed E-state index contributed by atoms with van der Waals surface area (Å²) in [4.78, 5) is 0. The van der Waals surface area contributed by atoms with Crippen LogP contribution in [-0.4, -0.2) is 19.3 Å². The highest BCUT2D eigenvalue weighted by molar-refractivity contribution is 5.54. The molecule has 0 bridgehead atoms. The molecule has 1 unspecified atom stereocenters. The maximum atomic E-state index is 5.34. The largest absolute Gasteiger partial charge is 0.380 e. The summed E-state index contributed by atoms with van der Waals surface area (Å²) in [5.74, 6) is 0. The Hall–Kier alpha value is -1.02. The van der Waals surface area contributed by atoms with Crippen molar-refractivity contribution in [1.82, 2.24) is 0 Å². The average molecular weight is 191 g/mol. The van der Waals surface area contributed by atoms with Crippen molar-refractivity contribution in [2.45, 2.75) is 26.3 Å². The number of hydrogen-bond acceptors (Lipinski definition) is 2. The summed E-state index contributed by atoms with van der Waals surface area (Å²) >= 11 is 0. The third kappa shape index (κ3) is 1.90. The van der Waals surface area contributed by atoms with E-state index in [1.54, 1.807) is 0 Å². The molecule has 76 valence electrons. The summed E-state index contributed by atoms with van der Waals surface area (Å²) in [6, 6.07) is 6.88. The Labute approximate surface area is 85.3 Å². The van der Waals surface area contributed by atoms with Crippen molar-refractivity contribution < 1.29 is 4.74 Å². The van der Waals surface area contributed by atoms with Gasteiger partial charge in [0.25, 0.3) is 0 Å². The fourth-order valence-electron chi connectivity index (χ4n) is 1.78. The minimum Gasteiger partial charge on any atom is -0.380 e. The third-order valence-corrected chi connectivity index (χ3v) is 2.89. The molecule has 1 aliphatic rings. The maximum absolute atomic E-state index is 5.34. The van der Waals surface area contributed by atoms with Crippen LogP contribution < -0.4 is 5.32 Å². The Morgan fingerprint density at radius 2 is 2.21 bits per heavy atom. The molecule has 1 aromatic carbocycles. The van der Waals surface area contributed by atoms with Crippen LogP contribution in [0.2, 0.25) is 0 Å². The quantitative estimate of drug-likeness (QED) is 0.775. The fraction of sp³-hybridized carbons (Fsp3) is 0.500. The van der Waals surface area contributed by atoms with Crippen molar-refractivity contribution in [1.29, 1.82) is 0 Å². The molecule has 1 aromatic rings. The van der Waals surface area contributed by atoms with E-state index in [1.165, 1.54) is 16.8 Å². The fourth-order valence-corrected chi connectivity index (χ4v) is 1.78. The minimum atomic E-state index is 0.496. The molecule has 1 atom stereocenters. The molecule has 14 heavy (non-hydrogen) atoms. The van der Waals surface area contributed by atoms with Crippen molar-refractivity contribution in [3.05, 3.63) is 29.3 Å². The molecule has 1 heterocycles. The van der Waals surface area contributed by atoms with Crippen LogP contribution in [-0.2, 0) is 4.74 Å². The van der Waals surface area contributed by atoms with Crippen LogP contribution in [0.4, 0.5) is 5.69 Å². The molecule has 0 spiro atoms. The lowest BCUT2D eigenvalue weighted by atomic mass is 10.1. The van der Waals surface area contributed by atoms with Gasteiger partial charge in [-0.3, -0.25) is 0 Å². The zero-order valence-corrected chi connectivity index (χ0v) is 8.84. The first-order valence-corrected chi connectivity index (χ1v) is 5.18. The van der Waals surface area contributed by atoms with E-state index in [1.807, 2.05) is 0 Å². The van der Waals surface area contributed by atoms with Crippen LogP contribution in [0.3, 0.4) is 0 Å². The smallest absolute Gasteiger partial charge is 0.0668 e. The summed E-state index contributed by atoms with van der Waals surface area (Å²) in [7, 11) is 0. The summed E-state index contributed by atoms with van der Waals surface area (Å²) in [6.45, 7) is 6.04. The highest BCUT2D eigenvalue weighted by Crippen LogP contribution is 2.20. The van der Waals surface area contributed by atoms with Crippen molar-refractivity contribution in [3.63, 3.8) is 0 Å². The third-order valence-electron chi connectivity index (χ3n) is 2.89. The molecular weight excluding hydrogens is 174 g/mol. The van der Waals surface area contributed by atoms with E-state index in [4.69, 9.17) is 4.74 Å². The van der Waals surface area contributed by atoms with Crippen LogP contribution in [0.25, 0.3) is 0 Å². The second-order valence-electron chi connectivity index (χ2n) is 3.95. The SMILES string of the molecule is Cc1cccc(NC2CCOC2)c1C. The monoisotopic (exact) mass is 191 g/mol. The number of hydrogen-bond donors (Lipinski definition) is 1. The number of anilines is 1. The molecule has 2 heteroatoms.